The molecule has 0 bridgehead atoms. The first-order chi connectivity index (χ1) is 14.1. The van der Waals surface area contributed by atoms with E-state index in [-0.39, 0.29) is 23.7 Å². The number of esters is 1. The molecule has 0 saturated carbocycles. The molecule has 0 unspecified atom stereocenters. The SMILES string of the molecule is CCOC(=O)c1cnn(-c2nc3ccn(Cc4ccc(OC)cc4)c3c(=O)[nH]2)c1. The Morgan fingerprint density at radius 1 is 1.21 bits per heavy atom. The fourth-order valence-electron chi connectivity index (χ4n) is 3.03. The number of H-pyrrole nitrogens is 1. The number of aromatic amines is 1. The van der Waals surface area contributed by atoms with Gasteiger partial charge in [0.25, 0.3) is 5.56 Å². The molecule has 0 amide bonds. The molecule has 0 atom stereocenters. The predicted octanol–water partition coefficient (Wildman–Crippen LogP) is 2.14. The third-order valence-electron chi connectivity index (χ3n) is 4.43. The number of nitrogens with zero attached hydrogens (tertiary/aromatic N) is 4. The number of carbonyl (C=O) groups excluding carboxylic acids is 1. The average molecular weight is 393 g/mol. The predicted molar refractivity (Wildman–Crippen MR) is 106 cm³/mol. The molecule has 4 aromatic rings. The second-order valence-corrected chi connectivity index (χ2v) is 6.31. The summed E-state index contributed by atoms with van der Waals surface area (Å²) in [5, 5.41) is 4.09. The van der Waals surface area contributed by atoms with Gasteiger partial charge in [-0.1, -0.05) is 12.1 Å². The summed E-state index contributed by atoms with van der Waals surface area (Å²) in [6.45, 7) is 2.52. The van der Waals surface area contributed by atoms with E-state index >= 15 is 0 Å². The van der Waals surface area contributed by atoms with Gasteiger partial charge in [-0.05, 0) is 30.7 Å². The fraction of sp³-hybridized carbons (Fsp3) is 0.200. The largest absolute Gasteiger partial charge is 0.497 e. The Kier molecular flexibility index (Phi) is 4.86. The number of hydrogen-bond donors (Lipinski definition) is 1. The van der Waals surface area contributed by atoms with Crippen molar-refractivity contribution in [1.29, 1.82) is 0 Å². The van der Waals surface area contributed by atoms with Crippen LogP contribution < -0.4 is 10.3 Å². The quantitative estimate of drug-likeness (QED) is 0.504. The van der Waals surface area contributed by atoms with E-state index in [1.165, 1.54) is 17.1 Å². The first-order valence-electron chi connectivity index (χ1n) is 9.03. The maximum Gasteiger partial charge on any atom is 0.341 e. The Morgan fingerprint density at radius 3 is 2.72 bits per heavy atom. The number of fused-ring (bicyclic) bond motifs is 1. The Bertz CT molecular complexity index is 1220. The molecule has 1 aromatic carbocycles. The molecule has 3 aromatic heterocycles. The van der Waals surface area contributed by atoms with Crippen LogP contribution in [-0.4, -0.2) is 44.0 Å². The first-order valence-corrected chi connectivity index (χ1v) is 9.03. The molecule has 9 heteroatoms. The molecule has 1 N–H and O–H groups in total. The van der Waals surface area contributed by atoms with Crippen LogP contribution in [0.1, 0.15) is 22.8 Å². The Labute approximate surface area is 165 Å². The van der Waals surface area contributed by atoms with Crippen LogP contribution in [0.4, 0.5) is 0 Å². The van der Waals surface area contributed by atoms with Gasteiger partial charge < -0.3 is 14.0 Å². The zero-order chi connectivity index (χ0) is 20.4. The Balaban J connectivity index is 1.65. The van der Waals surface area contributed by atoms with E-state index in [1.54, 1.807) is 20.1 Å². The molecule has 0 aliphatic heterocycles. The van der Waals surface area contributed by atoms with E-state index in [0.717, 1.165) is 11.3 Å². The van der Waals surface area contributed by atoms with Crippen LogP contribution in [0.25, 0.3) is 17.0 Å². The van der Waals surface area contributed by atoms with Crippen molar-refractivity contribution in [2.45, 2.75) is 13.5 Å². The molecule has 9 nitrogen and oxygen atoms in total. The van der Waals surface area contributed by atoms with Crippen LogP contribution in [-0.2, 0) is 11.3 Å². The normalized spacial score (nSPS) is 11.0. The number of hydrogen-bond acceptors (Lipinski definition) is 6. The lowest BCUT2D eigenvalue weighted by Crippen LogP contribution is -2.16. The molecule has 0 radical (unpaired) electrons. The maximum atomic E-state index is 12.7. The third kappa shape index (κ3) is 3.62. The fourth-order valence-corrected chi connectivity index (χ4v) is 3.03. The van der Waals surface area contributed by atoms with Crippen molar-refractivity contribution in [2.75, 3.05) is 13.7 Å². The maximum absolute atomic E-state index is 12.7. The first kappa shape index (κ1) is 18.5. The highest BCUT2D eigenvalue weighted by Gasteiger charge is 2.14. The monoisotopic (exact) mass is 393 g/mol. The highest BCUT2D eigenvalue weighted by Crippen LogP contribution is 2.16. The zero-order valence-corrected chi connectivity index (χ0v) is 16.0. The highest BCUT2D eigenvalue weighted by molar-refractivity contribution is 5.88. The van der Waals surface area contributed by atoms with Crippen molar-refractivity contribution in [3.63, 3.8) is 0 Å². The lowest BCUT2D eigenvalue weighted by Gasteiger charge is -2.07. The minimum Gasteiger partial charge on any atom is -0.497 e. The van der Waals surface area contributed by atoms with Crippen LogP contribution in [0.3, 0.4) is 0 Å². The molecule has 148 valence electrons. The molecule has 0 saturated heterocycles. The molecule has 29 heavy (non-hydrogen) atoms. The van der Waals surface area contributed by atoms with Crippen LogP contribution in [0.15, 0.2) is 53.7 Å². The van der Waals surface area contributed by atoms with Crippen LogP contribution in [0.2, 0.25) is 0 Å². The zero-order valence-electron chi connectivity index (χ0n) is 16.0. The molecule has 0 aliphatic rings. The van der Waals surface area contributed by atoms with Crippen LogP contribution in [0, 0.1) is 0 Å². The summed E-state index contributed by atoms with van der Waals surface area (Å²) in [7, 11) is 1.62. The van der Waals surface area contributed by atoms with E-state index in [4.69, 9.17) is 9.47 Å². The van der Waals surface area contributed by atoms with Gasteiger partial charge >= 0.3 is 5.97 Å². The molecule has 0 spiro atoms. The van der Waals surface area contributed by atoms with Gasteiger partial charge in [-0.3, -0.25) is 9.78 Å². The van der Waals surface area contributed by atoms with Gasteiger partial charge in [-0.2, -0.15) is 5.10 Å². The second-order valence-electron chi connectivity index (χ2n) is 6.31. The summed E-state index contributed by atoms with van der Waals surface area (Å²) < 4.78 is 13.3. The summed E-state index contributed by atoms with van der Waals surface area (Å²) in [6, 6.07) is 9.41. The molecular formula is C20H19N5O4. The number of aromatic nitrogens is 5. The summed E-state index contributed by atoms with van der Waals surface area (Å²) in [5.74, 6) is 0.518. The van der Waals surface area contributed by atoms with Gasteiger partial charge in [0, 0.05) is 18.9 Å². The number of rotatable bonds is 6. The van der Waals surface area contributed by atoms with Crippen LogP contribution >= 0.6 is 0 Å². The highest BCUT2D eigenvalue weighted by atomic mass is 16.5. The average Bonchev–Trinajstić information content (AvgIpc) is 3.37. The molecule has 0 fully saturated rings. The topological polar surface area (TPSA) is 104 Å². The smallest absolute Gasteiger partial charge is 0.341 e. The standard InChI is InChI=1S/C20H19N5O4/c1-3-29-19(27)14-10-21-25(12-14)20-22-16-8-9-24(17(16)18(26)23-20)11-13-4-6-15(28-2)7-5-13/h4-10,12H,3,11H2,1-2H3,(H,22,23,26). The van der Waals surface area contributed by atoms with Crippen molar-refractivity contribution < 1.29 is 14.3 Å². The number of nitrogens with one attached hydrogen (secondary N) is 1. The Hall–Kier alpha value is -3.88. The third-order valence-corrected chi connectivity index (χ3v) is 4.43. The lowest BCUT2D eigenvalue weighted by atomic mass is 10.2. The van der Waals surface area contributed by atoms with E-state index in [2.05, 4.69) is 15.1 Å². The van der Waals surface area contributed by atoms with Gasteiger partial charge in [0.15, 0.2) is 0 Å². The lowest BCUT2D eigenvalue weighted by molar-refractivity contribution is 0.0526. The van der Waals surface area contributed by atoms with Gasteiger partial charge in [-0.25, -0.2) is 14.5 Å². The van der Waals surface area contributed by atoms with Crippen molar-refractivity contribution in [3.05, 3.63) is 70.4 Å². The molecule has 3 heterocycles. The van der Waals surface area contributed by atoms with Crippen molar-refractivity contribution in [3.8, 4) is 11.7 Å². The van der Waals surface area contributed by atoms with Crippen molar-refractivity contribution >= 4 is 17.0 Å². The number of methoxy groups -OCH3 is 1. The minimum absolute atomic E-state index is 0.222. The van der Waals surface area contributed by atoms with E-state index < -0.39 is 5.97 Å². The molecule has 0 aliphatic carbocycles. The number of benzene rings is 1. The summed E-state index contributed by atoms with van der Waals surface area (Å²) in [5.41, 5.74) is 2.01. The van der Waals surface area contributed by atoms with Gasteiger partial charge in [0.2, 0.25) is 5.95 Å². The van der Waals surface area contributed by atoms with Gasteiger partial charge in [0.05, 0.1) is 31.0 Å². The van der Waals surface area contributed by atoms with E-state index in [1.807, 2.05) is 35.0 Å². The Morgan fingerprint density at radius 2 is 2.00 bits per heavy atom. The number of ether oxygens (including phenoxy) is 2. The van der Waals surface area contributed by atoms with Gasteiger partial charge in [0.1, 0.15) is 11.3 Å². The summed E-state index contributed by atoms with van der Waals surface area (Å²) in [4.78, 5) is 31.7. The summed E-state index contributed by atoms with van der Waals surface area (Å²) in [6.07, 6.45) is 4.65. The summed E-state index contributed by atoms with van der Waals surface area (Å²) >= 11 is 0. The van der Waals surface area contributed by atoms with Crippen molar-refractivity contribution in [2.24, 2.45) is 0 Å². The van der Waals surface area contributed by atoms with Crippen LogP contribution in [0.5, 0.6) is 5.75 Å². The minimum atomic E-state index is -0.479. The van der Waals surface area contributed by atoms with E-state index in [9.17, 15) is 9.59 Å². The van der Waals surface area contributed by atoms with E-state index in [0.29, 0.717) is 17.6 Å². The second kappa shape index (κ2) is 7.63. The molecule has 4 rings (SSSR count). The molecular weight excluding hydrogens is 374 g/mol. The van der Waals surface area contributed by atoms with Gasteiger partial charge in [-0.15, -0.1) is 0 Å². The number of carbonyl (C=O) groups is 1. The van der Waals surface area contributed by atoms with Crippen molar-refractivity contribution in [1.82, 2.24) is 24.3 Å².